The van der Waals surface area contributed by atoms with Crippen LogP contribution in [-0.2, 0) is 22.4 Å². The summed E-state index contributed by atoms with van der Waals surface area (Å²) in [5.41, 5.74) is 7.67. The molecule has 2 unspecified atom stereocenters. The topological polar surface area (TPSA) is 95.5 Å². The number of allylic oxidation sites excluding steroid dienone is 1. The van der Waals surface area contributed by atoms with Crippen LogP contribution in [0.2, 0.25) is 0 Å². The molecule has 11 rings (SSSR count). The number of carbonyl (C=O) groups is 2. The highest BCUT2D eigenvalue weighted by Gasteiger charge is 2.52. The second-order valence-corrected chi connectivity index (χ2v) is 17.4. The first kappa shape index (κ1) is 35.3. The van der Waals surface area contributed by atoms with E-state index in [-0.39, 0.29) is 11.8 Å². The molecule has 2 N–H and O–H groups in total. The van der Waals surface area contributed by atoms with Crippen LogP contribution in [-0.4, -0.2) is 62.0 Å². The molecule has 2 saturated carbocycles. The molecule has 4 aromatic rings. The van der Waals surface area contributed by atoms with E-state index < -0.39 is 11.1 Å². The summed E-state index contributed by atoms with van der Waals surface area (Å²) < 4.78 is 12.8. The van der Waals surface area contributed by atoms with Gasteiger partial charge in [0.2, 0.25) is 0 Å². The van der Waals surface area contributed by atoms with Crippen LogP contribution in [0.4, 0.5) is 22.7 Å². The fraction of sp³-hybridized carbons (Fsp3) is 0.370. The van der Waals surface area contributed by atoms with Gasteiger partial charge in [0.25, 0.3) is 11.8 Å². The van der Waals surface area contributed by atoms with Crippen molar-refractivity contribution in [3.05, 3.63) is 112 Å². The molecule has 9 nitrogen and oxygen atoms in total. The lowest BCUT2D eigenvalue weighted by atomic mass is 9.93. The first-order chi connectivity index (χ1) is 27.3. The number of carbonyl (C=O) groups excluding carboxylic acids is 2. The number of aliphatic imine (C=N–C) groups is 1. The minimum atomic E-state index is -0.531. The zero-order valence-electron chi connectivity index (χ0n) is 31.4. The van der Waals surface area contributed by atoms with Crippen molar-refractivity contribution >= 4 is 62.3 Å². The van der Waals surface area contributed by atoms with E-state index in [1.54, 1.807) is 0 Å². The minimum absolute atomic E-state index is 0.161. The highest BCUT2D eigenvalue weighted by atomic mass is 79.9. The number of anilines is 4. The van der Waals surface area contributed by atoms with Crippen molar-refractivity contribution in [1.82, 2.24) is 0 Å². The van der Waals surface area contributed by atoms with Crippen LogP contribution in [0.25, 0.3) is 5.57 Å². The summed E-state index contributed by atoms with van der Waals surface area (Å²) >= 11 is 3.45. The van der Waals surface area contributed by atoms with Crippen molar-refractivity contribution in [2.24, 2.45) is 16.8 Å². The first-order valence-electron chi connectivity index (χ1n) is 20.1. The van der Waals surface area contributed by atoms with Crippen molar-refractivity contribution < 1.29 is 19.1 Å². The third-order valence-electron chi connectivity index (χ3n) is 12.4. The van der Waals surface area contributed by atoms with E-state index in [9.17, 15) is 9.59 Å². The van der Waals surface area contributed by atoms with Gasteiger partial charge < -0.3 is 29.9 Å². The fourth-order valence-corrected chi connectivity index (χ4v) is 8.94. The number of halogens is 1. The maximum absolute atomic E-state index is 13.4. The van der Waals surface area contributed by atoms with Crippen LogP contribution in [0.3, 0.4) is 0 Å². The summed E-state index contributed by atoms with van der Waals surface area (Å²) in [5.74, 6) is 3.58. The molecular weight excluding hydrogens is 766 g/mol. The average molecular weight is 813 g/mol. The summed E-state index contributed by atoms with van der Waals surface area (Å²) in [6.45, 7) is 3.83. The van der Waals surface area contributed by atoms with E-state index in [0.717, 1.165) is 120 Å². The molecule has 4 fully saturated rings. The molecule has 2 spiro atoms. The van der Waals surface area contributed by atoms with Gasteiger partial charge in [-0.05, 0) is 121 Å². The Morgan fingerprint density at radius 3 is 1.64 bits per heavy atom. The monoisotopic (exact) mass is 811 g/mol. The van der Waals surface area contributed by atoms with Crippen LogP contribution < -0.4 is 29.9 Å². The Kier molecular flexibility index (Phi) is 8.92. The van der Waals surface area contributed by atoms with Crippen molar-refractivity contribution in [3.63, 3.8) is 0 Å². The highest BCUT2D eigenvalue weighted by Crippen LogP contribution is 2.44. The van der Waals surface area contributed by atoms with Crippen LogP contribution >= 0.6 is 15.9 Å². The third-order valence-corrected chi connectivity index (χ3v) is 12.9. The SMILES string of the molecule is O=C1N(c2ccc(Br)cc2)CCC12Cc1ccc(OCC3CC3)cc1N2.O=C1N(c2ccc(C3=CCN=C3)cc2)CCC12Cc1ccc(OCC3CC3)cc1N2. The predicted octanol–water partition coefficient (Wildman–Crippen LogP) is 8.47. The zero-order chi connectivity index (χ0) is 37.9. The van der Waals surface area contributed by atoms with E-state index in [0.29, 0.717) is 0 Å². The minimum Gasteiger partial charge on any atom is -0.493 e. The molecule has 2 atom stereocenters. The Morgan fingerprint density at radius 1 is 0.679 bits per heavy atom. The maximum atomic E-state index is 13.4. The number of fused-ring (bicyclic) bond motifs is 2. The number of nitrogens with one attached hydrogen (secondary N) is 2. The molecule has 56 heavy (non-hydrogen) atoms. The Morgan fingerprint density at radius 2 is 1.18 bits per heavy atom. The molecule has 2 amide bonds. The van der Waals surface area contributed by atoms with Crippen LogP contribution in [0.15, 0.2) is 100 Å². The number of amides is 2. The molecule has 10 heteroatoms. The lowest BCUT2D eigenvalue weighted by Gasteiger charge is -2.24. The van der Waals surface area contributed by atoms with Crippen molar-refractivity contribution in [2.75, 3.05) is 53.3 Å². The Balaban J connectivity index is 0.000000139. The average Bonchev–Trinajstić information content (AvgIpc) is 3.99. The number of rotatable bonds is 9. The standard InChI is InChI=1S/C25H25N3O2.C21H21BrN2O2/c29-24-25(14-19-5-8-22(13-23(19)27-25)30-16-17-1-2-17)10-12-28(24)21-6-3-18(4-7-21)20-9-11-26-15-20;22-16-4-6-17(7-5-16)24-10-9-21(20(24)25)12-15-3-8-18(11-19(15)23-21)26-13-14-1-2-14/h3-9,13,15,17,27H,1-2,10-12,14,16H2;3-8,11,14,23H,1-2,9-10,12-13H2. The molecule has 0 bridgehead atoms. The Labute approximate surface area is 336 Å². The fourth-order valence-electron chi connectivity index (χ4n) is 8.68. The van der Waals surface area contributed by atoms with E-state index >= 15 is 0 Å². The van der Waals surface area contributed by atoms with Gasteiger partial charge in [0.05, 0.1) is 19.8 Å². The predicted molar refractivity (Wildman–Crippen MR) is 225 cm³/mol. The van der Waals surface area contributed by atoms with E-state index in [1.807, 2.05) is 64.5 Å². The summed E-state index contributed by atoms with van der Waals surface area (Å²) in [6, 6.07) is 28.6. The van der Waals surface area contributed by atoms with Crippen LogP contribution in [0.1, 0.15) is 55.2 Å². The first-order valence-corrected chi connectivity index (χ1v) is 20.9. The van der Waals surface area contributed by atoms with Crippen LogP contribution in [0, 0.1) is 11.8 Å². The quantitative estimate of drug-likeness (QED) is 0.176. The smallest absolute Gasteiger partial charge is 0.253 e. The second kappa shape index (κ2) is 14.1. The van der Waals surface area contributed by atoms with Crippen molar-refractivity contribution in [1.29, 1.82) is 0 Å². The zero-order valence-corrected chi connectivity index (χ0v) is 33.0. The summed E-state index contributed by atoms with van der Waals surface area (Å²) in [7, 11) is 0. The molecule has 0 radical (unpaired) electrons. The van der Waals surface area contributed by atoms with Gasteiger partial charge >= 0.3 is 0 Å². The van der Waals surface area contributed by atoms with Gasteiger partial charge in [-0.2, -0.15) is 0 Å². The highest BCUT2D eigenvalue weighted by molar-refractivity contribution is 9.10. The van der Waals surface area contributed by atoms with E-state index in [2.05, 4.69) is 74.0 Å². The van der Waals surface area contributed by atoms with Crippen molar-refractivity contribution in [3.8, 4) is 11.5 Å². The largest absolute Gasteiger partial charge is 0.493 e. The molecular formula is C46H46BrN5O4. The molecule has 2 saturated heterocycles. The lowest BCUT2D eigenvalue weighted by Crippen LogP contribution is -2.45. The Hall–Kier alpha value is -5.09. The van der Waals surface area contributed by atoms with E-state index in [4.69, 9.17) is 9.47 Å². The number of ether oxygens (including phenoxy) is 2. The van der Waals surface area contributed by atoms with E-state index in [1.165, 1.54) is 36.8 Å². The maximum Gasteiger partial charge on any atom is 0.253 e. The molecule has 5 heterocycles. The number of hydrogen-bond acceptors (Lipinski definition) is 7. The summed E-state index contributed by atoms with van der Waals surface area (Å²) in [5, 5.41) is 7.10. The molecule has 0 aromatic heterocycles. The Bertz CT molecular complexity index is 2250. The van der Waals surface area contributed by atoms with Gasteiger partial charge in [-0.15, -0.1) is 0 Å². The molecule has 5 aliphatic heterocycles. The lowest BCUT2D eigenvalue weighted by molar-refractivity contribution is -0.121. The summed E-state index contributed by atoms with van der Waals surface area (Å²) in [6.07, 6.45) is 12.3. The third kappa shape index (κ3) is 6.86. The number of hydrogen-bond donors (Lipinski definition) is 2. The summed E-state index contributed by atoms with van der Waals surface area (Å²) in [4.78, 5) is 34.7. The second-order valence-electron chi connectivity index (χ2n) is 16.5. The van der Waals surface area contributed by atoms with Gasteiger partial charge in [0.15, 0.2) is 0 Å². The van der Waals surface area contributed by atoms with Gasteiger partial charge in [-0.3, -0.25) is 14.6 Å². The van der Waals surface area contributed by atoms with Gasteiger partial charge in [-0.25, -0.2) is 0 Å². The van der Waals surface area contributed by atoms with Gasteiger partial charge in [-0.1, -0.05) is 46.3 Å². The normalized spacial score (nSPS) is 24.2. The van der Waals surface area contributed by atoms with Crippen molar-refractivity contribution in [2.45, 2.75) is 62.4 Å². The molecule has 4 aromatic carbocycles. The number of benzene rings is 4. The number of nitrogens with zero attached hydrogens (tertiary/aromatic N) is 3. The molecule has 7 aliphatic rings. The molecule has 2 aliphatic carbocycles. The van der Waals surface area contributed by atoms with Gasteiger partial charge in [0.1, 0.15) is 22.6 Å². The molecule has 286 valence electrons. The van der Waals surface area contributed by atoms with Crippen LogP contribution in [0.5, 0.6) is 11.5 Å². The van der Waals surface area contributed by atoms with Gasteiger partial charge in [0, 0.05) is 71.5 Å².